The van der Waals surface area contributed by atoms with Gasteiger partial charge in [0.05, 0.1) is 6.21 Å². The summed E-state index contributed by atoms with van der Waals surface area (Å²) < 4.78 is 0. The fourth-order valence-electron chi connectivity index (χ4n) is 0.634. The van der Waals surface area contributed by atoms with E-state index in [0.717, 1.165) is 12.2 Å². The zero-order valence-electron chi connectivity index (χ0n) is 8.51. The molecule has 0 N–H and O–H groups in total. The minimum atomic E-state index is -0.440. The number of likely N-dealkylation sites (N-methyl/N-ethyl adjacent to an activating group) is 1. The minimum absolute atomic E-state index is 0.250. The van der Waals surface area contributed by atoms with Crippen LogP contribution in [0.4, 0.5) is 0 Å². The largest absolute Gasteiger partial charge is 0.375 e. The van der Waals surface area contributed by atoms with Crippen molar-refractivity contribution in [1.29, 1.82) is 0 Å². The monoisotopic (exact) mass is 197 g/mol. The van der Waals surface area contributed by atoms with Gasteiger partial charge in [0, 0.05) is 30.4 Å². The van der Waals surface area contributed by atoms with Crippen LogP contribution in [0.5, 0.6) is 0 Å². The molecule has 0 atom stereocenters. The highest BCUT2D eigenvalue weighted by molar-refractivity contribution is 5.59. The zero-order valence-corrected chi connectivity index (χ0v) is 8.51. The molecule has 0 radical (unpaired) electrons. The number of nitrogens with zero attached hydrogens (tertiary/aromatic N) is 3. The van der Waals surface area contributed by atoms with Crippen LogP contribution in [0.2, 0.25) is 0 Å². The van der Waals surface area contributed by atoms with E-state index < -0.39 is 4.92 Å². The molecule has 0 saturated heterocycles. The van der Waals surface area contributed by atoms with E-state index in [0.29, 0.717) is 0 Å². The molecule has 0 saturated carbocycles. The highest BCUT2D eigenvalue weighted by Crippen LogP contribution is 1.98. The SMILES string of the molecule is C=C(/C=C\N=C/C[N+](=O)[O-])N(C)CC. The van der Waals surface area contributed by atoms with Crippen molar-refractivity contribution in [3.8, 4) is 0 Å². The molecule has 0 aromatic rings. The van der Waals surface area contributed by atoms with Crippen LogP contribution in [0, 0.1) is 10.1 Å². The highest BCUT2D eigenvalue weighted by atomic mass is 16.6. The van der Waals surface area contributed by atoms with Crippen molar-refractivity contribution in [3.05, 3.63) is 34.7 Å². The van der Waals surface area contributed by atoms with Gasteiger partial charge in [-0.25, -0.2) is 0 Å². The molecule has 14 heavy (non-hydrogen) atoms. The van der Waals surface area contributed by atoms with Gasteiger partial charge in [-0.2, -0.15) is 0 Å². The lowest BCUT2D eigenvalue weighted by Crippen LogP contribution is -2.14. The van der Waals surface area contributed by atoms with Crippen molar-refractivity contribution in [2.24, 2.45) is 4.99 Å². The molecule has 0 spiro atoms. The van der Waals surface area contributed by atoms with Crippen LogP contribution >= 0.6 is 0 Å². The van der Waals surface area contributed by atoms with Gasteiger partial charge in [0.25, 0.3) is 0 Å². The predicted molar refractivity (Wildman–Crippen MR) is 56.9 cm³/mol. The number of nitro groups is 1. The molecular weight excluding hydrogens is 182 g/mol. The fraction of sp³-hybridized carbons (Fsp3) is 0.444. The summed E-state index contributed by atoms with van der Waals surface area (Å²) in [7, 11) is 1.91. The van der Waals surface area contributed by atoms with Gasteiger partial charge in [-0.15, -0.1) is 0 Å². The van der Waals surface area contributed by atoms with Gasteiger partial charge in [0.2, 0.25) is 6.54 Å². The number of hydrogen-bond acceptors (Lipinski definition) is 4. The first-order chi connectivity index (χ1) is 6.57. The van der Waals surface area contributed by atoms with Gasteiger partial charge in [-0.3, -0.25) is 15.1 Å². The Morgan fingerprint density at radius 2 is 2.36 bits per heavy atom. The standard InChI is InChI=1S/C9H15N3O2/c1-4-11(3)9(2)5-6-10-7-8-12(13)14/h5-7H,2,4,8H2,1,3H3/b6-5-,10-7-. The first-order valence-electron chi connectivity index (χ1n) is 4.28. The third-order valence-corrected chi connectivity index (χ3v) is 1.65. The topological polar surface area (TPSA) is 58.7 Å². The van der Waals surface area contributed by atoms with Crippen molar-refractivity contribution < 1.29 is 4.92 Å². The van der Waals surface area contributed by atoms with Crippen molar-refractivity contribution in [1.82, 2.24) is 4.90 Å². The summed E-state index contributed by atoms with van der Waals surface area (Å²) in [5.41, 5.74) is 0.825. The lowest BCUT2D eigenvalue weighted by Gasteiger charge is -2.15. The van der Waals surface area contributed by atoms with E-state index in [-0.39, 0.29) is 6.54 Å². The maximum absolute atomic E-state index is 9.92. The van der Waals surface area contributed by atoms with Crippen LogP contribution in [0.25, 0.3) is 0 Å². The van der Waals surface area contributed by atoms with Crippen molar-refractivity contribution >= 4 is 6.21 Å². The van der Waals surface area contributed by atoms with Crippen molar-refractivity contribution in [2.75, 3.05) is 20.1 Å². The van der Waals surface area contributed by atoms with E-state index >= 15 is 0 Å². The summed E-state index contributed by atoms with van der Waals surface area (Å²) in [5, 5.41) is 9.92. The summed E-state index contributed by atoms with van der Waals surface area (Å²) in [5.74, 6) is 0. The van der Waals surface area contributed by atoms with E-state index in [1.807, 2.05) is 18.9 Å². The second kappa shape index (κ2) is 6.82. The fourth-order valence-corrected chi connectivity index (χ4v) is 0.634. The van der Waals surface area contributed by atoms with E-state index in [4.69, 9.17) is 0 Å². The molecule has 0 unspecified atom stereocenters. The number of hydrogen-bond donors (Lipinski definition) is 0. The second-order valence-electron chi connectivity index (χ2n) is 2.67. The summed E-state index contributed by atoms with van der Waals surface area (Å²) >= 11 is 0. The first-order valence-corrected chi connectivity index (χ1v) is 4.28. The summed E-state index contributed by atoms with van der Waals surface area (Å²) in [4.78, 5) is 15.2. The normalized spacial score (nSPS) is 11.0. The molecule has 5 nitrogen and oxygen atoms in total. The van der Waals surface area contributed by atoms with Crippen LogP contribution in [0.1, 0.15) is 6.92 Å². The molecule has 0 rings (SSSR count). The average Bonchev–Trinajstić information content (AvgIpc) is 2.15. The third-order valence-electron chi connectivity index (χ3n) is 1.65. The Hall–Kier alpha value is -1.65. The van der Waals surface area contributed by atoms with Gasteiger partial charge in [0.15, 0.2) is 0 Å². The van der Waals surface area contributed by atoms with E-state index in [2.05, 4.69) is 11.6 Å². The van der Waals surface area contributed by atoms with Crippen LogP contribution in [-0.4, -0.2) is 36.2 Å². The Morgan fingerprint density at radius 1 is 1.71 bits per heavy atom. The van der Waals surface area contributed by atoms with Gasteiger partial charge < -0.3 is 4.90 Å². The lowest BCUT2D eigenvalue weighted by molar-refractivity contribution is -0.462. The first kappa shape index (κ1) is 12.3. The molecule has 0 aliphatic heterocycles. The zero-order chi connectivity index (χ0) is 11.0. The minimum Gasteiger partial charge on any atom is -0.375 e. The Bertz CT molecular complexity index is 259. The lowest BCUT2D eigenvalue weighted by atomic mass is 10.4. The maximum Gasteiger partial charge on any atom is 0.238 e. The number of allylic oxidation sites excluding steroid dienone is 1. The van der Waals surface area contributed by atoms with Crippen LogP contribution in [-0.2, 0) is 0 Å². The molecule has 0 heterocycles. The van der Waals surface area contributed by atoms with E-state index in [1.54, 1.807) is 6.08 Å². The quantitative estimate of drug-likeness (QED) is 0.279. The van der Waals surface area contributed by atoms with Gasteiger partial charge in [-0.1, -0.05) is 6.58 Å². The van der Waals surface area contributed by atoms with Crippen molar-refractivity contribution in [3.63, 3.8) is 0 Å². The Balaban J connectivity index is 3.88. The number of aliphatic imine (C=N–C) groups is 1. The van der Waals surface area contributed by atoms with Crippen molar-refractivity contribution in [2.45, 2.75) is 6.92 Å². The van der Waals surface area contributed by atoms with Gasteiger partial charge in [0.1, 0.15) is 0 Å². The second-order valence-corrected chi connectivity index (χ2v) is 2.67. The van der Waals surface area contributed by atoms with E-state index in [1.165, 1.54) is 12.4 Å². The molecule has 0 aliphatic rings. The summed E-state index contributed by atoms with van der Waals surface area (Å²) in [6.45, 7) is 6.41. The average molecular weight is 197 g/mol. The van der Waals surface area contributed by atoms with Crippen LogP contribution < -0.4 is 0 Å². The Kier molecular flexibility index (Phi) is 6.02. The van der Waals surface area contributed by atoms with Crippen LogP contribution in [0.3, 0.4) is 0 Å². The predicted octanol–water partition coefficient (Wildman–Crippen LogP) is 1.31. The molecule has 78 valence electrons. The maximum atomic E-state index is 9.92. The Morgan fingerprint density at radius 3 is 2.86 bits per heavy atom. The molecule has 0 aromatic carbocycles. The molecule has 0 amide bonds. The molecule has 0 aliphatic carbocycles. The summed E-state index contributed by atoms with van der Waals surface area (Å²) in [6.07, 6.45) is 4.45. The smallest absolute Gasteiger partial charge is 0.238 e. The van der Waals surface area contributed by atoms with Crippen LogP contribution in [0.15, 0.2) is 29.5 Å². The van der Waals surface area contributed by atoms with Gasteiger partial charge >= 0.3 is 0 Å². The summed E-state index contributed by atoms with van der Waals surface area (Å²) in [6, 6.07) is 0. The van der Waals surface area contributed by atoms with Gasteiger partial charge in [-0.05, 0) is 13.0 Å². The third kappa shape index (κ3) is 5.93. The Labute approximate surface area is 83.6 Å². The molecule has 5 heteroatoms. The molecular formula is C9H15N3O2. The molecule has 0 aromatic heterocycles. The van der Waals surface area contributed by atoms with E-state index in [9.17, 15) is 10.1 Å². The molecule has 0 fully saturated rings. The highest BCUT2D eigenvalue weighted by Gasteiger charge is 1.92. The number of rotatable bonds is 6. The molecule has 0 bridgehead atoms.